The van der Waals surface area contributed by atoms with E-state index in [4.69, 9.17) is 9.47 Å². The van der Waals surface area contributed by atoms with Crippen LogP contribution in [0.2, 0.25) is 0 Å². The Morgan fingerprint density at radius 1 is 0.911 bits per heavy atom. The first-order valence-corrected chi connectivity index (χ1v) is 16.4. The molecule has 5 fully saturated rings. The Balaban J connectivity index is 1.14. The highest BCUT2D eigenvalue weighted by Gasteiger charge is 2.51. The molecule has 4 amide bonds. The Morgan fingerprint density at radius 3 is 2.16 bits per heavy atom. The van der Waals surface area contributed by atoms with Crippen molar-refractivity contribution in [2.24, 2.45) is 17.8 Å². The van der Waals surface area contributed by atoms with E-state index in [1.165, 1.54) is 62.3 Å². The summed E-state index contributed by atoms with van der Waals surface area (Å²) in [7, 11) is 0. The molecule has 4 bridgehead atoms. The van der Waals surface area contributed by atoms with Crippen LogP contribution < -0.4 is 19.7 Å². The summed E-state index contributed by atoms with van der Waals surface area (Å²) in [5.41, 5.74) is 3.00. The van der Waals surface area contributed by atoms with Crippen LogP contribution in [0.5, 0.6) is 11.5 Å². The van der Waals surface area contributed by atoms with Crippen molar-refractivity contribution in [3.63, 3.8) is 0 Å². The van der Waals surface area contributed by atoms with E-state index in [2.05, 4.69) is 33.4 Å². The number of carbonyl (C=O) groups excluding carboxylic acids is 3. The molecule has 0 unspecified atom stereocenters. The Morgan fingerprint density at radius 2 is 1.53 bits per heavy atom. The summed E-state index contributed by atoms with van der Waals surface area (Å²) < 4.78 is 25.6. The van der Waals surface area contributed by atoms with E-state index >= 15 is 0 Å². The summed E-state index contributed by atoms with van der Waals surface area (Å²) in [6.45, 7) is 2.37. The third-order valence-corrected chi connectivity index (χ3v) is 10.5. The molecular weight excluding hydrogens is 639 g/mol. The van der Waals surface area contributed by atoms with Crippen molar-refractivity contribution in [2.75, 3.05) is 11.5 Å². The number of hydrogen-bond donors (Lipinski definition) is 1. The predicted molar refractivity (Wildman–Crippen MR) is 171 cm³/mol. The first kappa shape index (κ1) is 29.7. The van der Waals surface area contributed by atoms with Crippen LogP contribution in [0.15, 0.2) is 70.7 Å². The molecule has 3 aromatic carbocycles. The lowest BCUT2D eigenvalue weighted by Gasteiger charge is -2.57. The number of urea groups is 1. The summed E-state index contributed by atoms with van der Waals surface area (Å²) in [6, 6.07) is 16.4. The Kier molecular flexibility index (Phi) is 7.76. The molecule has 1 aliphatic heterocycles. The minimum atomic E-state index is -0.775. The molecule has 5 aliphatic rings. The van der Waals surface area contributed by atoms with E-state index in [1.54, 1.807) is 24.3 Å². The van der Waals surface area contributed by atoms with Crippen LogP contribution >= 0.6 is 15.9 Å². The third-order valence-electron chi connectivity index (χ3n) is 9.85. The number of benzene rings is 3. The van der Waals surface area contributed by atoms with Gasteiger partial charge in [0.1, 0.15) is 18.0 Å². The molecule has 3 aromatic rings. The van der Waals surface area contributed by atoms with Gasteiger partial charge in [-0.3, -0.25) is 14.9 Å². The summed E-state index contributed by atoms with van der Waals surface area (Å²) in [4.78, 5) is 40.6. The largest absolute Gasteiger partial charge is 0.490 e. The molecule has 0 aromatic heterocycles. The smallest absolute Gasteiger partial charge is 0.335 e. The van der Waals surface area contributed by atoms with Crippen LogP contribution in [0.4, 0.5) is 14.9 Å². The Bertz CT molecular complexity index is 1670. The number of rotatable bonds is 8. The van der Waals surface area contributed by atoms with Gasteiger partial charge in [0.05, 0.1) is 12.3 Å². The lowest BCUT2D eigenvalue weighted by molar-refractivity contribution is -0.122. The van der Waals surface area contributed by atoms with Gasteiger partial charge in [-0.1, -0.05) is 40.2 Å². The van der Waals surface area contributed by atoms with Gasteiger partial charge in [0.25, 0.3) is 11.8 Å². The van der Waals surface area contributed by atoms with Gasteiger partial charge in [-0.05, 0) is 128 Å². The number of halogens is 2. The van der Waals surface area contributed by atoms with Crippen LogP contribution in [0.1, 0.15) is 62.1 Å². The molecule has 0 spiro atoms. The molecule has 45 heavy (non-hydrogen) atoms. The fraction of sp³-hybridized carbons (Fsp3) is 0.361. The Hall–Kier alpha value is -3.98. The molecule has 4 aliphatic carbocycles. The monoisotopic (exact) mass is 672 g/mol. The minimum absolute atomic E-state index is 0.178. The van der Waals surface area contributed by atoms with Crippen LogP contribution in [0.25, 0.3) is 6.08 Å². The maximum atomic E-state index is 13.7. The zero-order chi connectivity index (χ0) is 31.3. The summed E-state index contributed by atoms with van der Waals surface area (Å²) in [5.74, 6) is 1.47. The van der Waals surface area contributed by atoms with Crippen LogP contribution in [0, 0.1) is 23.6 Å². The maximum absolute atomic E-state index is 13.7. The molecular formula is C36H34BrFN2O5. The third kappa shape index (κ3) is 5.67. The number of nitrogens with zero attached hydrogens (tertiary/aromatic N) is 1. The van der Waals surface area contributed by atoms with E-state index in [9.17, 15) is 18.8 Å². The van der Waals surface area contributed by atoms with E-state index < -0.39 is 17.8 Å². The number of hydrogen-bond acceptors (Lipinski definition) is 5. The number of anilines is 1. The number of nitrogens with one attached hydrogen (secondary N) is 1. The molecule has 4 saturated carbocycles. The highest BCUT2D eigenvalue weighted by atomic mass is 79.9. The first-order chi connectivity index (χ1) is 21.7. The average Bonchev–Trinajstić information content (AvgIpc) is 3.00. The number of carbonyl (C=O) groups is 3. The zero-order valence-electron chi connectivity index (χ0n) is 25.0. The number of ether oxygens (including phenoxy) is 2. The van der Waals surface area contributed by atoms with Crippen LogP contribution in [-0.2, 0) is 21.6 Å². The van der Waals surface area contributed by atoms with Crippen molar-refractivity contribution < 1.29 is 28.2 Å². The van der Waals surface area contributed by atoms with Gasteiger partial charge in [0.15, 0.2) is 11.5 Å². The highest BCUT2D eigenvalue weighted by Crippen LogP contribution is 2.60. The Labute approximate surface area is 269 Å². The minimum Gasteiger partial charge on any atom is -0.490 e. The van der Waals surface area contributed by atoms with E-state index in [0.717, 1.165) is 28.2 Å². The molecule has 7 nitrogen and oxygen atoms in total. The lowest BCUT2D eigenvalue weighted by atomic mass is 9.48. The van der Waals surface area contributed by atoms with Crippen molar-refractivity contribution in [1.29, 1.82) is 0 Å². The molecule has 232 valence electrons. The molecule has 1 saturated heterocycles. The summed E-state index contributed by atoms with van der Waals surface area (Å²) in [5, 5.41) is 2.33. The standard InChI is InChI=1S/C36H34BrFN2O5/c1-2-44-31-15-25(30(37)16-32(31)45-20-21-3-7-27(38)8-4-21)14-29-33(41)39-35(43)40(34(29)42)28-9-5-26(6-10-28)36-17-22-11-23(18-36)13-24(12-22)19-36/h3-10,14-16,22-24H,2,11-13,17-20H2,1H3,(H,39,41,43)/b29-14+. The van der Waals surface area contributed by atoms with E-state index in [-0.39, 0.29) is 23.4 Å². The normalized spacial score (nSPS) is 26.4. The number of amides is 4. The van der Waals surface area contributed by atoms with Crippen molar-refractivity contribution >= 4 is 45.5 Å². The van der Waals surface area contributed by atoms with Crippen LogP contribution in [0.3, 0.4) is 0 Å². The van der Waals surface area contributed by atoms with E-state index in [1.807, 2.05) is 19.1 Å². The summed E-state index contributed by atoms with van der Waals surface area (Å²) in [6.07, 6.45) is 9.18. The predicted octanol–water partition coefficient (Wildman–Crippen LogP) is 7.70. The van der Waals surface area contributed by atoms with Crippen molar-refractivity contribution in [3.05, 3.63) is 93.2 Å². The number of imide groups is 2. The van der Waals surface area contributed by atoms with Gasteiger partial charge < -0.3 is 9.47 Å². The van der Waals surface area contributed by atoms with Gasteiger partial charge in [0.2, 0.25) is 0 Å². The molecule has 9 heteroatoms. The van der Waals surface area contributed by atoms with Gasteiger partial charge in [-0.2, -0.15) is 0 Å². The zero-order valence-corrected chi connectivity index (χ0v) is 26.6. The fourth-order valence-corrected chi connectivity index (χ4v) is 8.70. The highest BCUT2D eigenvalue weighted by molar-refractivity contribution is 9.10. The van der Waals surface area contributed by atoms with Gasteiger partial charge in [-0.15, -0.1) is 0 Å². The molecule has 1 heterocycles. The van der Waals surface area contributed by atoms with Crippen molar-refractivity contribution in [1.82, 2.24) is 5.32 Å². The maximum Gasteiger partial charge on any atom is 0.335 e. The first-order valence-electron chi connectivity index (χ1n) is 15.6. The molecule has 0 atom stereocenters. The van der Waals surface area contributed by atoms with Gasteiger partial charge in [-0.25, -0.2) is 14.1 Å². The second-order valence-corrected chi connectivity index (χ2v) is 13.7. The summed E-state index contributed by atoms with van der Waals surface area (Å²) >= 11 is 3.53. The molecule has 8 rings (SSSR count). The SMILES string of the molecule is CCOc1cc(/C=C2\C(=O)NC(=O)N(c3ccc(C45CC6CC(CC(C6)C4)C5)cc3)C2=O)c(Br)cc1OCc1ccc(F)cc1. The average molecular weight is 674 g/mol. The molecule has 1 N–H and O–H groups in total. The van der Waals surface area contributed by atoms with Crippen molar-refractivity contribution in [2.45, 2.75) is 57.5 Å². The quantitative estimate of drug-likeness (QED) is 0.196. The second kappa shape index (κ2) is 11.7. The fourth-order valence-electron chi connectivity index (χ4n) is 8.26. The topological polar surface area (TPSA) is 84.9 Å². The number of barbiturate groups is 1. The molecule has 0 radical (unpaired) electrons. The van der Waals surface area contributed by atoms with Gasteiger partial charge >= 0.3 is 6.03 Å². The lowest BCUT2D eigenvalue weighted by Crippen LogP contribution is -2.54. The van der Waals surface area contributed by atoms with E-state index in [0.29, 0.717) is 33.8 Å². The van der Waals surface area contributed by atoms with Crippen molar-refractivity contribution in [3.8, 4) is 11.5 Å². The van der Waals surface area contributed by atoms with Gasteiger partial charge in [0, 0.05) is 4.47 Å². The van der Waals surface area contributed by atoms with Crippen LogP contribution in [-0.4, -0.2) is 24.5 Å². The second-order valence-electron chi connectivity index (χ2n) is 12.9.